The van der Waals surface area contributed by atoms with E-state index in [2.05, 4.69) is 36.2 Å². The minimum atomic E-state index is 1.00. The second-order valence-electron chi connectivity index (χ2n) is 3.26. The van der Waals surface area contributed by atoms with Gasteiger partial charge in [-0.3, -0.25) is 0 Å². The predicted octanol–water partition coefficient (Wildman–Crippen LogP) is 1.28. The maximum absolute atomic E-state index is 7.00. The summed E-state index contributed by atoms with van der Waals surface area (Å²) in [6.07, 6.45) is 1.21. The van der Waals surface area contributed by atoms with Crippen LogP contribution in [-0.4, -0.2) is 30.7 Å². The van der Waals surface area contributed by atoms with Gasteiger partial charge >= 0.3 is 0 Å². The van der Waals surface area contributed by atoms with Gasteiger partial charge in [0.05, 0.1) is 0 Å². The van der Waals surface area contributed by atoms with Crippen molar-refractivity contribution in [1.82, 2.24) is 4.90 Å². The van der Waals surface area contributed by atoms with Crippen molar-refractivity contribution in [3.8, 4) is 0 Å². The van der Waals surface area contributed by atoms with E-state index in [0.29, 0.717) is 0 Å². The van der Waals surface area contributed by atoms with Crippen LogP contribution in [0.4, 0.5) is 0 Å². The predicted molar refractivity (Wildman–Crippen MR) is 54.6 cm³/mol. The monoisotopic (exact) mass is 179 g/mol. The van der Waals surface area contributed by atoms with Gasteiger partial charge in [0.1, 0.15) is 0 Å². The number of benzene rings is 1. The van der Waals surface area contributed by atoms with Gasteiger partial charge in [0, 0.05) is 20.2 Å². The van der Waals surface area contributed by atoms with Gasteiger partial charge in [-0.05, 0) is 24.6 Å². The second-order valence-corrected chi connectivity index (χ2v) is 3.26. The van der Waals surface area contributed by atoms with E-state index in [1.807, 2.05) is 0 Å². The molecule has 2 heteroatoms. The largest absolute Gasteiger partial charge is 0.400 e. The van der Waals surface area contributed by atoms with Gasteiger partial charge in [0.2, 0.25) is 0 Å². The third-order valence-electron chi connectivity index (χ3n) is 2.32. The Morgan fingerprint density at radius 1 is 1.15 bits per heavy atom. The van der Waals surface area contributed by atoms with Gasteiger partial charge in [-0.15, -0.1) is 0 Å². The molecule has 0 radical (unpaired) electrons. The summed E-state index contributed by atoms with van der Waals surface area (Å²) in [4.78, 5) is 2.36. The molecule has 72 valence electrons. The molecule has 1 heterocycles. The Labute approximate surface area is 79.8 Å². The molecule has 0 unspecified atom stereocenters. The maximum Gasteiger partial charge on any atom is 0.0319 e. The molecular weight excluding hydrogens is 162 g/mol. The van der Waals surface area contributed by atoms with Crippen LogP contribution in [0.25, 0.3) is 0 Å². The lowest BCUT2D eigenvalue weighted by atomic mass is 10.0. The Morgan fingerprint density at radius 3 is 2.46 bits per heavy atom. The molecule has 1 N–H and O–H groups in total. The summed E-state index contributed by atoms with van der Waals surface area (Å²) in [7, 11) is 3.18. The Bertz CT molecular complexity index is 260. The van der Waals surface area contributed by atoms with Gasteiger partial charge in [0.15, 0.2) is 0 Å². The fraction of sp³-hybridized carbons (Fsp3) is 0.455. The number of aliphatic hydroxyl groups is 1. The number of likely N-dealkylation sites (N-methyl/N-ethyl adjacent to an activating group) is 1. The first-order valence-corrected chi connectivity index (χ1v) is 4.56. The van der Waals surface area contributed by atoms with E-state index < -0.39 is 0 Å². The van der Waals surface area contributed by atoms with E-state index in [1.165, 1.54) is 24.1 Å². The first-order valence-electron chi connectivity index (χ1n) is 4.56. The van der Waals surface area contributed by atoms with Crippen LogP contribution in [0.1, 0.15) is 11.1 Å². The number of nitrogens with zero attached hydrogens (tertiary/aromatic N) is 1. The fourth-order valence-electron chi connectivity index (χ4n) is 1.64. The Morgan fingerprint density at radius 2 is 1.77 bits per heavy atom. The van der Waals surface area contributed by atoms with Crippen molar-refractivity contribution in [2.45, 2.75) is 13.0 Å². The van der Waals surface area contributed by atoms with Crippen LogP contribution < -0.4 is 0 Å². The maximum atomic E-state index is 7.00. The third kappa shape index (κ3) is 2.54. The summed E-state index contributed by atoms with van der Waals surface area (Å²) in [5.41, 5.74) is 3.03. The number of rotatable bonds is 0. The van der Waals surface area contributed by atoms with Gasteiger partial charge < -0.3 is 10.0 Å². The molecule has 2 nitrogen and oxygen atoms in total. The van der Waals surface area contributed by atoms with Crippen LogP contribution in [0, 0.1) is 0 Å². The molecule has 0 fully saturated rings. The van der Waals surface area contributed by atoms with E-state index in [-0.39, 0.29) is 0 Å². The standard InChI is InChI=1S/C10H13N.CH4O/c1-11-7-6-9-4-2-3-5-10(9)8-11;1-2/h2-5H,6-8H2,1H3;2H,1H3. The Balaban J connectivity index is 0.000000396. The molecule has 0 atom stereocenters. The topological polar surface area (TPSA) is 23.5 Å². The number of fused-ring (bicyclic) bond motifs is 1. The van der Waals surface area contributed by atoms with Crippen molar-refractivity contribution in [2.24, 2.45) is 0 Å². The molecule has 0 saturated heterocycles. The van der Waals surface area contributed by atoms with E-state index >= 15 is 0 Å². The molecule has 1 aliphatic rings. The van der Waals surface area contributed by atoms with Crippen molar-refractivity contribution in [3.05, 3.63) is 35.4 Å². The molecule has 1 aromatic carbocycles. The summed E-state index contributed by atoms with van der Waals surface area (Å²) >= 11 is 0. The highest BCUT2D eigenvalue weighted by Crippen LogP contribution is 2.16. The first-order chi connectivity index (χ1) is 6.36. The molecular formula is C11H17NO. The van der Waals surface area contributed by atoms with Crippen LogP contribution in [-0.2, 0) is 13.0 Å². The normalized spacial score (nSPS) is 15.6. The summed E-state index contributed by atoms with van der Waals surface area (Å²) in [5, 5.41) is 7.00. The zero-order chi connectivity index (χ0) is 9.68. The Kier molecular flexibility index (Phi) is 3.93. The fourth-order valence-corrected chi connectivity index (χ4v) is 1.64. The molecule has 0 saturated carbocycles. The molecule has 0 aromatic heterocycles. The highest BCUT2D eigenvalue weighted by molar-refractivity contribution is 5.28. The van der Waals surface area contributed by atoms with Crippen LogP contribution in [0.3, 0.4) is 0 Å². The van der Waals surface area contributed by atoms with Crippen LogP contribution >= 0.6 is 0 Å². The second kappa shape index (κ2) is 5.00. The minimum absolute atomic E-state index is 1.00. The lowest BCUT2D eigenvalue weighted by molar-refractivity contribution is 0.313. The number of hydrogen-bond donors (Lipinski definition) is 1. The van der Waals surface area contributed by atoms with E-state index in [9.17, 15) is 0 Å². The zero-order valence-electron chi connectivity index (χ0n) is 8.33. The molecule has 0 aliphatic carbocycles. The van der Waals surface area contributed by atoms with E-state index in [1.54, 1.807) is 0 Å². The minimum Gasteiger partial charge on any atom is -0.400 e. The Hall–Kier alpha value is -0.860. The van der Waals surface area contributed by atoms with Crippen molar-refractivity contribution in [3.63, 3.8) is 0 Å². The molecule has 2 rings (SSSR count). The van der Waals surface area contributed by atoms with E-state index in [4.69, 9.17) is 5.11 Å². The lowest BCUT2D eigenvalue weighted by Crippen LogP contribution is -2.26. The van der Waals surface area contributed by atoms with E-state index in [0.717, 1.165) is 13.7 Å². The van der Waals surface area contributed by atoms with Crippen LogP contribution in [0.2, 0.25) is 0 Å². The highest BCUT2D eigenvalue weighted by atomic mass is 16.2. The number of aliphatic hydroxyl groups excluding tert-OH is 1. The van der Waals surface area contributed by atoms with Crippen LogP contribution in [0.15, 0.2) is 24.3 Å². The molecule has 13 heavy (non-hydrogen) atoms. The number of hydrogen-bond acceptors (Lipinski definition) is 2. The summed E-state index contributed by atoms with van der Waals surface area (Å²) in [5.74, 6) is 0. The van der Waals surface area contributed by atoms with Crippen LogP contribution in [0.5, 0.6) is 0 Å². The van der Waals surface area contributed by atoms with Gasteiger partial charge in [-0.25, -0.2) is 0 Å². The highest BCUT2D eigenvalue weighted by Gasteiger charge is 2.10. The van der Waals surface area contributed by atoms with Gasteiger partial charge in [-0.2, -0.15) is 0 Å². The van der Waals surface area contributed by atoms with Crippen molar-refractivity contribution < 1.29 is 5.11 Å². The average molecular weight is 179 g/mol. The molecule has 0 amide bonds. The van der Waals surface area contributed by atoms with Gasteiger partial charge in [-0.1, -0.05) is 24.3 Å². The summed E-state index contributed by atoms with van der Waals surface area (Å²) < 4.78 is 0. The van der Waals surface area contributed by atoms with Crippen molar-refractivity contribution in [1.29, 1.82) is 0 Å². The van der Waals surface area contributed by atoms with Gasteiger partial charge in [0.25, 0.3) is 0 Å². The third-order valence-corrected chi connectivity index (χ3v) is 2.32. The molecule has 0 bridgehead atoms. The van der Waals surface area contributed by atoms with Crippen molar-refractivity contribution >= 4 is 0 Å². The molecule has 1 aliphatic heterocycles. The average Bonchev–Trinajstić information content (AvgIpc) is 2.21. The lowest BCUT2D eigenvalue weighted by Gasteiger charge is -2.24. The zero-order valence-corrected chi connectivity index (χ0v) is 8.33. The smallest absolute Gasteiger partial charge is 0.0319 e. The van der Waals surface area contributed by atoms with Crippen molar-refractivity contribution in [2.75, 3.05) is 20.7 Å². The first kappa shape index (κ1) is 10.2. The molecule has 1 aromatic rings. The summed E-state index contributed by atoms with van der Waals surface area (Å²) in [6.45, 7) is 2.33. The quantitative estimate of drug-likeness (QED) is 0.648. The summed E-state index contributed by atoms with van der Waals surface area (Å²) in [6, 6.07) is 8.72. The SMILES string of the molecule is CN1CCc2ccccc2C1.CO. The molecule has 0 spiro atoms.